The monoisotopic (exact) mass is 251 g/mol. The molecule has 1 amide bonds. The summed E-state index contributed by atoms with van der Waals surface area (Å²) in [5.41, 5.74) is 0.453. The first kappa shape index (κ1) is 14.2. The van der Waals surface area contributed by atoms with Crippen molar-refractivity contribution in [2.45, 2.75) is 26.0 Å². The second-order valence-corrected chi connectivity index (χ2v) is 4.33. The van der Waals surface area contributed by atoms with Crippen molar-refractivity contribution in [3.8, 4) is 0 Å². The van der Waals surface area contributed by atoms with Crippen LogP contribution in [0, 0.1) is 5.92 Å². The third-order valence-corrected chi connectivity index (χ3v) is 2.55. The fraction of sp³-hybridized carbons (Fsp3) is 0.385. The molecule has 0 aliphatic heterocycles. The van der Waals surface area contributed by atoms with E-state index in [0.29, 0.717) is 5.56 Å². The fourth-order valence-electron chi connectivity index (χ4n) is 1.44. The molecule has 5 nitrogen and oxygen atoms in total. The second kappa shape index (κ2) is 6.16. The Bertz CT molecular complexity index is 416. The van der Waals surface area contributed by atoms with Gasteiger partial charge in [0.05, 0.1) is 0 Å². The van der Waals surface area contributed by atoms with Crippen LogP contribution in [0.1, 0.15) is 25.5 Å². The average Bonchev–Trinajstić information content (AvgIpc) is 2.35. The molecule has 0 heterocycles. The molecule has 0 radical (unpaired) electrons. The molecular formula is C13H17NO4. The lowest BCUT2D eigenvalue weighted by Gasteiger charge is -2.21. The summed E-state index contributed by atoms with van der Waals surface area (Å²) >= 11 is 0. The number of amides is 1. The Kier molecular flexibility index (Phi) is 4.85. The van der Waals surface area contributed by atoms with E-state index in [4.69, 9.17) is 5.11 Å². The Balaban J connectivity index is 2.86. The molecule has 2 atom stereocenters. The van der Waals surface area contributed by atoms with E-state index in [2.05, 4.69) is 5.32 Å². The molecule has 2 unspecified atom stereocenters. The van der Waals surface area contributed by atoms with Gasteiger partial charge in [0.2, 0.25) is 5.91 Å². The zero-order valence-electron chi connectivity index (χ0n) is 10.3. The zero-order valence-corrected chi connectivity index (χ0v) is 10.3. The lowest BCUT2D eigenvalue weighted by molar-refractivity contribution is -0.145. The van der Waals surface area contributed by atoms with Gasteiger partial charge >= 0.3 is 5.97 Å². The normalized spacial score (nSPS) is 14.0. The highest BCUT2D eigenvalue weighted by Crippen LogP contribution is 2.17. The number of carbonyl (C=O) groups is 2. The first-order valence-electron chi connectivity index (χ1n) is 5.69. The molecule has 1 rings (SSSR count). The minimum Gasteiger partial charge on any atom is -0.480 e. The Hall–Kier alpha value is -1.88. The molecule has 3 N–H and O–H groups in total. The maximum absolute atomic E-state index is 11.5. The molecule has 0 saturated carbocycles. The van der Waals surface area contributed by atoms with Crippen LogP contribution in [-0.2, 0) is 9.59 Å². The third kappa shape index (κ3) is 3.56. The van der Waals surface area contributed by atoms with E-state index in [1.54, 1.807) is 44.2 Å². The van der Waals surface area contributed by atoms with Gasteiger partial charge in [-0.3, -0.25) is 4.79 Å². The highest BCUT2D eigenvalue weighted by atomic mass is 16.4. The highest BCUT2D eigenvalue weighted by Gasteiger charge is 2.29. The van der Waals surface area contributed by atoms with E-state index in [0.717, 1.165) is 0 Å². The van der Waals surface area contributed by atoms with Gasteiger partial charge in [-0.2, -0.15) is 0 Å². The van der Waals surface area contributed by atoms with Gasteiger partial charge in [-0.1, -0.05) is 44.2 Å². The molecule has 98 valence electrons. The molecule has 0 fully saturated rings. The number of carboxylic acid groups (broad SMARTS) is 1. The number of aliphatic hydroxyl groups is 1. The number of aliphatic carboxylic acids is 1. The molecule has 0 bridgehead atoms. The summed E-state index contributed by atoms with van der Waals surface area (Å²) < 4.78 is 0. The van der Waals surface area contributed by atoms with Gasteiger partial charge in [0, 0.05) is 5.92 Å². The van der Waals surface area contributed by atoms with Crippen LogP contribution in [0.3, 0.4) is 0 Å². The van der Waals surface area contributed by atoms with Crippen LogP contribution >= 0.6 is 0 Å². The first-order valence-corrected chi connectivity index (χ1v) is 5.69. The van der Waals surface area contributed by atoms with Crippen LogP contribution < -0.4 is 5.32 Å². The Labute approximate surface area is 105 Å². The molecule has 0 aliphatic rings. The van der Waals surface area contributed by atoms with Crippen LogP contribution in [-0.4, -0.2) is 28.1 Å². The average molecular weight is 251 g/mol. The van der Waals surface area contributed by atoms with Gasteiger partial charge in [-0.25, -0.2) is 4.79 Å². The summed E-state index contributed by atoms with van der Waals surface area (Å²) in [5.74, 6) is -2.01. The van der Waals surface area contributed by atoms with Crippen molar-refractivity contribution in [1.82, 2.24) is 5.32 Å². The molecular weight excluding hydrogens is 234 g/mol. The number of rotatable bonds is 5. The van der Waals surface area contributed by atoms with Crippen molar-refractivity contribution in [2.24, 2.45) is 5.92 Å². The smallest absolute Gasteiger partial charge is 0.329 e. The Morgan fingerprint density at radius 2 is 1.72 bits per heavy atom. The third-order valence-electron chi connectivity index (χ3n) is 2.55. The van der Waals surface area contributed by atoms with Crippen molar-refractivity contribution in [3.05, 3.63) is 35.9 Å². The van der Waals surface area contributed by atoms with Crippen molar-refractivity contribution >= 4 is 11.9 Å². The van der Waals surface area contributed by atoms with Gasteiger partial charge in [-0.15, -0.1) is 0 Å². The molecule has 18 heavy (non-hydrogen) atoms. The quantitative estimate of drug-likeness (QED) is 0.727. The number of hydrogen-bond donors (Lipinski definition) is 3. The molecule has 0 aromatic heterocycles. The largest absolute Gasteiger partial charge is 0.480 e. The van der Waals surface area contributed by atoms with Crippen molar-refractivity contribution in [2.75, 3.05) is 0 Å². The summed E-state index contributed by atoms with van der Waals surface area (Å²) in [6.07, 6.45) is -1.27. The van der Waals surface area contributed by atoms with E-state index in [1.807, 2.05) is 0 Å². The predicted molar refractivity (Wildman–Crippen MR) is 65.8 cm³/mol. The standard InChI is InChI=1S/C13H17NO4/c1-8(2)12(16)14-10(13(17)18)11(15)9-6-4-3-5-7-9/h3-8,10-11,15H,1-2H3,(H,14,16)(H,17,18). The van der Waals surface area contributed by atoms with E-state index >= 15 is 0 Å². The molecule has 0 saturated heterocycles. The van der Waals surface area contributed by atoms with E-state index in [1.165, 1.54) is 0 Å². The summed E-state index contributed by atoms with van der Waals surface area (Å²) in [7, 11) is 0. The molecule has 0 aliphatic carbocycles. The summed E-state index contributed by atoms with van der Waals surface area (Å²) in [6.45, 7) is 3.31. The minimum absolute atomic E-state index is 0.338. The number of hydrogen-bond acceptors (Lipinski definition) is 3. The Morgan fingerprint density at radius 1 is 1.17 bits per heavy atom. The summed E-state index contributed by atoms with van der Waals surface area (Å²) in [5, 5.41) is 21.4. The topological polar surface area (TPSA) is 86.6 Å². The molecule has 5 heteroatoms. The van der Waals surface area contributed by atoms with Crippen LogP contribution in [0.2, 0.25) is 0 Å². The fourth-order valence-corrected chi connectivity index (χ4v) is 1.44. The van der Waals surface area contributed by atoms with Gasteiger partial charge in [0.1, 0.15) is 6.10 Å². The van der Waals surface area contributed by atoms with Crippen molar-refractivity contribution in [3.63, 3.8) is 0 Å². The van der Waals surface area contributed by atoms with Gasteiger partial charge in [0.25, 0.3) is 0 Å². The van der Waals surface area contributed by atoms with E-state index in [-0.39, 0.29) is 5.92 Å². The lowest BCUT2D eigenvalue weighted by Crippen LogP contribution is -2.46. The van der Waals surface area contributed by atoms with E-state index in [9.17, 15) is 14.7 Å². The number of carboxylic acids is 1. The predicted octanol–water partition coefficient (Wildman–Crippen LogP) is 0.945. The SMILES string of the molecule is CC(C)C(=O)NC(C(=O)O)C(O)c1ccccc1. The van der Waals surface area contributed by atoms with Crippen LogP contribution in [0.5, 0.6) is 0 Å². The van der Waals surface area contributed by atoms with Gasteiger partial charge < -0.3 is 15.5 Å². The van der Waals surface area contributed by atoms with Crippen molar-refractivity contribution in [1.29, 1.82) is 0 Å². The maximum Gasteiger partial charge on any atom is 0.329 e. The number of aliphatic hydroxyl groups excluding tert-OH is 1. The second-order valence-electron chi connectivity index (χ2n) is 4.33. The molecule has 1 aromatic carbocycles. The van der Waals surface area contributed by atoms with Gasteiger partial charge in [0.15, 0.2) is 6.04 Å². The zero-order chi connectivity index (χ0) is 13.7. The number of carbonyl (C=O) groups excluding carboxylic acids is 1. The maximum atomic E-state index is 11.5. The summed E-state index contributed by atoms with van der Waals surface area (Å²) in [6, 6.07) is 7.04. The molecule has 1 aromatic rings. The van der Waals surface area contributed by atoms with Crippen LogP contribution in [0.15, 0.2) is 30.3 Å². The summed E-state index contributed by atoms with van der Waals surface area (Å²) in [4.78, 5) is 22.6. The highest BCUT2D eigenvalue weighted by molar-refractivity contribution is 5.85. The van der Waals surface area contributed by atoms with Crippen LogP contribution in [0.25, 0.3) is 0 Å². The number of nitrogens with one attached hydrogen (secondary N) is 1. The van der Waals surface area contributed by atoms with Gasteiger partial charge in [-0.05, 0) is 5.56 Å². The van der Waals surface area contributed by atoms with E-state index < -0.39 is 24.0 Å². The minimum atomic E-state index is -1.35. The number of benzene rings is 1. The molecule has 0 spiro atoms. The van der Waals surface area contributed by atoms with Crippen molar-refractivity contribution < 1.29 is 19.8 Å². The van der Waals surface area contributed by atoms with Crippen LogP contribution in [0.4, 0.5) is 0 Å². The Morgan fingerprint density at radius 3 is 2.17 bits per heavy atom. The lowest BCUT2D eigenvalue weighted by atomic mass is 10.0. The first-order chi connectivity index (χ1) is 8.43.